The van der Waals surface area contributed by atoms with E-state index in [1.165, 1.54) is 11.1 Å². The fraction of sp³-hybridized carbons (Fsp3) is 0.0455. The molecule has 0 atom stereocenters. The van der Waals surface area contributed by atoms with E-state index in [9.17, 15) is 14.7 Å². The van der Waals surface area contributed by atoms with Crippen LogP contribution < -0.4 is 5.01 Å². The number of carbonyl (C=O) groups is 2. The molecule has 4 rings (SSSR count). The summed E-state index contributed by atoms with van der Waals surface area (Å²) in [6.45, 7) is 1.71. The molecule has 1 aliphatic rings. The van der Waals surface area contributed by atoms with Gasteiger partial charge in [0.2, 0.25) is 0 Å². The molecule has 30 heavy (non-hydrogen) atoms. The van der Waals surface area contributed by atoms with Gasteiger partial charge in [0, 0.05) is 15.6 Å². The van der Waals surface area contributed by atoms with Crippen LogP contribution in [0.5, 0.6) is 0 Å². The maximum absolute atomic E-state index is 12.9. The van der Waals surface area contributed by atoms with Crippen LogP contribution in [-0.4, -0.2) is 22.7 Å². The van der Waals surface area contributed by atoms with Gasteiger partial charge < -0.3 is 9.52 Å². The van der Waals surface area contributed by atoms with Crippen molar-refractivity contribution in [3.8, 4) is 11.3 Å². The van der Waals surface area contributed by atoms with Crippen molar-refractivity contribution in [2.45, 2.75) is 6.92 Å². The second kappa shape index (κ2) is 7.82. The van der Waals surface area contributed by atoms with Gasteiger partial charge in [-0.1, -0.05) is 41.4 Å². The summed E-state index contributed by atoms with van der Waals surface area (Å²) in [6, 6.07) is 14.6. The van der Waals surface area contributed by atoms with E-state index in [1.807, 2.05) is 0 Å². The summed E-state index contributed by atoms with van der Waals surface area (Å²) in [5.74, 6) is -0.617. The number of rotatable bonds is 4. The topological polar surface area (TPSA) is 83.1 Å². The van der Waals surface area contributed by atoms with Crippen LogP contribution >= 0.6 is 23.2 Å². The van der Waals surface area contributed by atoms with E-state index in [0.29, 0.717) is 44.1 Å². The van der Waals surface area contributed by atoms with E-state index in [2.05, 4.69) is 5.10 Å². The second-order valence-electron chi connectivity index (χ2n) is 6.54. The number of carboxylic acid groups (broad SMARTS) is 1. The lowest BCUT2D eigenvalue weighted by Gasteiger charge is -2.12. The first kappa shape index (κ1) is 19.9. The first-order valence-electron chi connectivity index (χ1n) is 8.84. The minimum Gasteiger partial charge on any atom is -0.478 e. The number of anilines is 1. The Balaban J connectivity index is 1.66. The van der Waals surface area contributed by atoms with Gasteiger partial charge in [-0.25, -0.2) is 4.79 Å². The molecule has 3 aromatic rings. The van der Waals surface area contributed by atoms with Gasteiger partial charge >= 0.3 is 5.97 Å². The fourth-order valence-corrected chi connectivity index (χ4v) is 3.64. The highest BCUT2D eigenvalue weighted by molar-refractivity contribution is 6.36. The van der Waals surface area contributed by atoms with Crippen molar-refractivity contribution >= 4 is 52.6 Å². The molecule has 0 aliphatic carbocycles. The number of furan rings is 1. The van der Waals surface area contributed by atoms with Crippen molar-refractivity contribution in [2.24, 2.45) is 5.10 Å². The minimum atomic E-state index is -1.05. The number of hydrogen-bond donors (Lipinski definition) is 1. The molecule has 1 aliphatic heterocycles. The molecule has 0 radical (unpaired) electrons. The standard InChI is InChI=1S/C22H14Cl2N2O4/c1-12-19(21(27)26(25-12)15-9-13(23)8-14(24)10-15)11-16-6-7-20(30-16)17-4-2-3-5-18(17)22(28)29/h2-11H,1H3,(H,28,29)/b19-11-. The molecule has 0 saturated carbocycles. The molecule has 8 heteroatoms. The summed E-state index contributed by atoms with van der Waals surface area (Å²) in [6.07, 6.45) is 1.57. The highest BCUT2D eigenvalue weighted by atomic mass is 35.5. The molecule has 0 unspecified atom stereocenters. The van der Waals surface area contributed by atoms with Gasteiger partial charge in [0.1, 0.15) is 11.5 Å². The van der Waals surface area contributed by atoms with Gasteiger partial charge in [0.15, 0.2) is 0 Å². The predicted octanol–water partition coefficient (Wildman–Crippen LogP) is 5.76. The Labute approximate surface area is 181 Å². The third kappa shape index (κ3) is 3.75. The van der Waals surface area contributed by atoms with E-state index >= 15 is 0 Å². The average Bonchev–Trinajstić information content (AvgIpc) is 3.27. The Morgan fingerprint density at radius 2 is 1.80 bits per heavy atom. The predicted molar refractivity (Wildman–Crippen MR) is 116 cm³/mol. The Bertz CT molecular complexity index is 1220. The van der Waals surface area contributed by atoms with Crippen LogP contribution in [0, 0.1) is 0 Å². The Morgan fingerprint density at radius 3 is 2.50 bits per heavy atom. The van der Waals surface area contributed by atoms with Crippen LogP contribution in [0.15, 0.2) is 69.7 Å². The summed E-state index contributed by atoms with van der Waals surface area (Å²) >= 11 is 12.1. The quantitative estimate of drug-likeness (QED) is 0.522. The van der Waals surface area contributed by atoms with Gasteiger partial charge in [0.25, 0.3) is 5.91 Å². The Kier molecular flexibility index (Phi) is 5.20. The summed E-state index contributed by atoms with van der Waals surface area (Å²) in [7, 11) is 0. The second-order valence-corrected chi connectivity index (χ2v) is 7.41. The SMILES string of the molecule is CC1=NN(c2cc(Cl)cc(Cl)c2)C(=O)/C1=C\c1ccc(-c2ccccc2C(=O)O)o1. The number of hydrazone groups is 1. The lowest BCUT2D eigenvalue weighted by Crippen LogP contribution is -2.21. The summed E-state index contributed by atoms with van der Waals surface area (Å²) in [5, 5.41) is 15.7. The lowest BCUT2D eigenvalue weighted by molar-refractivity contribution is -0.114. The summed E-state index contributed by atoms with van der Waals surface area (Å²) in [5.41, 5.74) is 1.88. The van der Waals surface area contributed by atoms with Crippen LogP contribution in [0.3, 0.4) is 0 Å². The molecular weight excluding hydrogens is 427 g/mol. The molecule has 2 aromatic carbocycles. The summed E-state index contributed by atoms with van der Waals surface area (Å²) < 4.78 is 5.79. The molecule has 1 N–H and O–H groups in total. The van der Waals surface area contributed by atoms with Crippen LogP contribution in [0.4, 0.5) is 5.69 Å². The van der Waals surface area contributed by atoms with Crippen LogP contribution in [-0.2, 0) is 4.79 Å². The number of amides is 1. The van der Waals surface area contributed by atoms with E-state index in [-0.39, 0.29) is 11.5 Å². The molecule has 0 saturated heterocycles. The van der Waals surface area contributed by atoms with Gasteiger partial charge in [-0.15, -0.1) is 0 Å². The third-order valence-electron chi connectivity index (χ3n) is 4.49. The Hall–Kier alpha value is -3.35. The molecular formula is C22H14Cl2N2O4. The molecule has 1 amide bonds. The van der Waals surface area contributed by atoms with Gasteiger partial charge in [-0.2, -0.15) is 10.1 Å². The smallest absolute Gasteiger partial charge is 0.336 e. The number of hydrogen-bond acceptors (Lipinski definition) is 4. The van der Waals surface area contributed by atoms with Crippen molar-refractivity contribution in [1.29, 1.82) is 0 Å². The van der Waals surface area contributed by atoms with Crippen LogP contribution in [0.25, 0.3) is 17.4 Å². The number of carboxylic acids is 1. The number of benzene rings is 2. The van der Waals surface area contributed by atoms with Crippen molar-refractivity contribution in [1.82, 2.24) is 0 Å². The molecule has 2 heterocycles. The minimum absolute atomic E-state index is 0.129. The maximum atomic E-state index is 12.9. The van der Waals surface area contributed by atoms with Crippen molar-refractivity contribution in [3.63, 3.8) is 0 Å². The number of halogens is 2. The Morgan fingerprint density at radius 1 is 1.10 bits per heavy atom. The average molecular weight is 441 g/mol. The first-order chi connectivity index (χ1) is 14.3. The number of carbonyl (C=O) groups excluding carboxylic acids is 1. The maximum Gasteiger partial charge on any atom is 0.336 e. The monoisotopic (exact) mass is 440 g/mol. The van der Waals surface area contributed by atoms with Crippen LogP contribution in [0.1, 0.15) is 23.0 Å². The van der Waals surface area contributed by atoms with Crippen molar-refractivity contribution in [3.05, 3.63) is 81.5 Å². The molecule has 0 bridgehead atoms. The van der Waals surface area contributed by atoms with E-state index in [4.69, 9.17) is 27.6 Å². The zero-order valence-corrected chi connectivity index (χ0v) is 17.1. The van der Waals surface area contributed by atoms with Gasteiger partial charge in [-0.05, 0) is 49.4 Å². The van der Waals surface area contributed by atoms with Gasteiger partial charge in [-0.3, -0.25) is 4.79 Å². The highest BCUT2D eigenvalue weighted by Gasteiger charge is 2.29. The van der Waals surface area contributed by atoms with E-state index in [1.54, 1.807) is 61.5 Å². The lowest BCUT2D eigenvalue weighted by atomic mass is 10.1. The largest absolute Gasteiger partial charge is 0.478 e. The normalized spacial score (nSPS) is 15.0. The fourth-order valence-electron chi connectivity index (χ4n) is 3.12. The first-order valence-corrected chi connectivity index (χ1v) is 9.59. The summed E-state index contributed by atoms with van der Waals surface area (Å²) in [4.78, 5) is 24.3. The van der Waals surface area contributed by atoms with Crippen molar-refractivity contribution in [2.75, 3.05) is 5.01 Å². The molecule has 6 nitrogen and oxygen atoms in total. The van der Waals surface area contributed by atoms with Crippen LogP contribution in [0.2, 0.25) is 10.0 Å². The molecule has 1 aromatic heterocycles. The van der Waals surface area contributed by atoms with E-state index in [0.717, 1.165) is 0 Å². The third-order valence-corrected chi connectivity index (χ3v) is 4.93. The zero-order chi connectivity index (χ0) is 21.4. The highest BCUT2D eigenvalue weighted by Crippen LogP contribution is 2.31. The number of nitrogens with zero attached hydrogens (tertiary/aromatic N) is 2. The zero-order valence-electron chi connectivity index (χ0n) is 15.6. The van der Waals surface area contributed by atoms with E-state index < -0.39 is 5.97 Å². The van der Waals surface area contributed by atoms with Crippen molar-refractivity contribution < 1.29 is 19.1 Å². The molecule has 0 spiro atoms. The number of aromatic carboxylic acids is 1. The molecule has 0 fully saturated rings. The molecule has 150 valence electrons. The van der Waals surface area contributed by atoms with Gasteiger partial charge in [0.05, 0.1) is 22.5 Å².